The second kappa shape index (κ2) is 5.26. The Hall–Kier alpha value is -1.27. The van der Waals surface area contributed by atoms with Crippen molar-refractivity contribution in [1.29, 1.82) is 0 Å². The minimum Gasteiger partial charge on any atom is -0.406 e. The summed E-state index contributed by atoms with van der Waals surface area (Å²) in [5, 5.41) is 10.7. The highest BCUT2D eigenvalue weighted by Crippen LogP contribution is 2.38. The zero-order valence-corrected chi connectivity index (χ0v) is 11.3. The Morgan fingerprint density at radius 1 is 1.25 bits per heavy atom. The molecule has 0 radical (unpaired) electrons. The maximum atomic E-state index is 12.2. The molecule has 1 aromatic rings. The van der Waals surface area contributed by atoms with Gasteiger partial charge in [0.1, 0.15) is 5.75 Å². The van der Waals surface area contributed by atoms with Crippen molar-refractivity contribution in [2.75, 3.05) is 0 Å². The second-order valence-electron chi connectivity index (χ2n) is 5.27. The lowest BCUT2D eigenvalue weighted by Crippen LogP contribution is -2.41. The first-order valence-electron chi connectivity index (χ1n) is 6.42. The van der Waals surface area contributed by atoms with Crippen molar-refractivity contribution in [3.05, 3.63) is 29.8 Å². The summed E-state index contributed by atoms with van der Waals surface area (Å²) in [7, 11) is 0. The van der Waals surface area contributed by atoms with Crippen molar-refractivity contribution in [3.63, 3.8) is 0 Å². The van der Waals surface area contributed by atoms with E-state index in [0.29, 0.717) is 18.4 Å². The quantitative estimate of drug-likeness (QED) is 0.907. The van der Waals surface area contributed by atoms with Gasteiger partial charge in [-0.3, -0.25) is 0 Å². The molecule has 112 valence electrons. The fraction of sp³-hybridized carbons (Fsp3) is 0.571. The Morgan fingerprint density at radius 2 is 1.85 bits per heavy atom. The van der Waals surface area contributed by atoms with Gasteiger partial charge in [-0.2, -0.15) is 0 Å². The van der Waals surface area contributed by atoms with Crippen molar-refractivity contribution in [2.24, 2.45) is 0 Å². The Balaban J connectivity index is 2.25. The van der Waals surface area contributed by atoms with Gasteiger partial charge in [-0.15, -0.1) is 13.2 Å². The third kappa shape index (κ3) is 3.64. The zero-order chi connectivity index (χ0) is 15.0. The van der Waals surface area contributed by atoms with E-state index in [0.717, 1.165) is 0 Å². The van der Waals surface area contributed by atoms with Crippen LogP contribution in [0.5, 0.6) is 5.75 Å². The zero-order valence-electron chi connectivity index (χ0n) is 11.3. The molecule has 1 saturated heterocycles. The Bertz CT molecular complexity index is 463. The largest absolute Gasteiger partial charge is 0.573 e. The van der Waals surface area contributed by atoms with Gasteiger partial charge in [0.25, 0.3) is 0 Å². The van der Waals surface area contributed by atoms with Crippen molar-refractivity contribution in [3.8, 4) is 5.75 Å². The molecule has 1 fully saturated rings. The van der Waals surface area contributed by atoms with Gasteiger partial charge in [0.2, 0.25) is 0 Å². The van der Waals surface area contributed by atoms with Gasteiger partial charge < -0.3 is 14.6 Å². The van der Waals surface area contributed by atoms with Crippen LogP contribution in [-0.2, 0) is 10.3 Å². The summed E-state index contributed by atoms with van der Waals surface area (Å²) in [5.74, 6) is -0.324. The number of hydrogen-bond acceptors (Lipinski definition) is 3. The van der Waals surface area contributed by atoms with Gasteiger partial charge in [0.05, 0.1) is 17.8 Å². The molecule has 2 rings (SSSR count). The lowest BCUT2D eigenvalue weighted by molar-refractivity contribution is -0.274. The highest BCUT2D eigenvalue weighted by molar-refractivity contribution is 5.33. The molecule has 1 heterocycles. The molecule has 0 aromatic heterocycles. The normalized spacial score (nSPS) is 31.1. The minimum atomic E-state index is -4.74. The number of aliphatic hydroxyl groups is 1. The summed E-state index contributed by atoms with van der Waals surface area (Å²) in [6.07, 6.45) is -4.37. The molecule has 1 aromatic carbocycles. The summed E-state index contributed by atoms with van der Waals surface area (Å²) >= 11 is 0. The summed E-state index contributed by atoms with van der Waals surface area (Å²) in [6.45, 7) is 3.66. The van der Waals surface area contributed by atoms with Gasteiger partial charge in [-0.05, 0) is 31.5 Å². The first-order chi connectivity index (χ1) is 9.18. The number of alkyl halides is 3. The minimum absolute atomic E-state index is 0.157. The fourth-order valence-electron chi connectivity index (χ4n) is 2.75. The van der Waals surface area contributed by atoms with Crippen molar-refractivity contribution in [2.45, 2.75) is 50.9 Å². The first kappa shape index (κ1) is 15.1. The third-order valence-corrected chi connectivity index (χ3v) is 3.32. The van der Waals surface area contributed by atoms with E-state index >= 15 is 0 Å². The molecule has 6 heteroatoms. The molecular formula is C14H17F3O3. The average Bonchev–Trinajstić information content (AvgIpc) is 2.25. The Kier molecular flexibility index (Phi) is 3.97. The van der Waals surface area contributed by atoms with E-state index in [1.807, 2.05) is 13.8 Å². The Morgan fingerprint density at radius 3 is 2.40 bits per heavy atom. The highest BCUT2D eigenvalue weighted by Gasteiger charge is 2.39. The molecule has 2 unspecified atom stereocenters. The van der Waals surface area contributed by atoms with Crippen LogP contribution >= 0.6 is 0 Å². The molecule has 1 aliphatic rings. The van der Waals surface area contributed by atoms with E-state index < -0.39 is 12.0 Å². The molecule has 0 amide bonds. The number of halogens is 3. The van der Waals surface area contributed by atoms with E-state index in [-0.39, 0.29) is 18.0 Å². The average molecular weight is 290 g/mol. The molecular weight excluding hydrogens is 273 g/mol. The topological polar surface area (TPSA) is 38.7 Å². The van der Waals surface area contributed by atoms with Gasteiger partial charge in [-0.25, -0.2) is 0 Å². The van der Waals surface area contributed by atoms with Crippen molar-refractivity contribution < 1.29 is 27.8 Å². The van der Waals surface area contributed by atoms with Crippen LogP contribution in [0.4, 0.5) is 13.2 Å². The molecule has 0 spiro atoms. The third-order valence-electron chi connectivity index (χ3n) is 3.32. The number of benzene rings is 1. The van der Waals surface area contributed by atoms with Gasteiger partial charge in [0.15, 0.2) is 0 Å². The first-order valence-corrected chi connectivity index (χ1v) is 6.42. The van der Waals surface area contributed by atoms with Crippen LogP contribution in [0.1, 0.15) is 32.3 Å². The molecule has 1 aliphatic heterocycles. The van der Waals surface area contributed by atoms with Crippen LogP contribution in [0.3, 0.4) is 0 Å². The SMILES string of the molecule is CC1CC(O)(c2cccc(OC(F)(F)F)c2)CC(C)O1. The van der Waals surface area contributed by atoms with E-state index in [1.54, 1.807) is 6.07 Å². The molecule has 0 saturated carbocycles. The lowest BCUT2D eigenvalue weighted by Gasteiger charge is -2.39. The van der Waals surface area contributed by atoms with Gasteiger partial charge >= 0.3 is 6.36 Å². The van der Waals surface area contributed by atoms with Crippen LogP contribution in [0, 0.1) is 0 Å². The molecule has 0 aliphatic carbocycles. The van der Waals surface area contributed by atoms with Gasteiger partial charge in [0, 0.05) is 12.8 Å². The van der Waals surface area contributed by atoms with Crippen LogP contribution in [0.2, 0.25) is 0 Å². The maximum Gasteiger partial charge on any atom is 0.573 e. The monoisotopic (exact) mass is 290 g/mol. The van der Waals surface area contributed by atoms with Gasteiger partial charge in [-0.1, -0.05) is 12.1 Å². The summed E-state index contributed by atoms with van der Waals surface area (Å²) in [5.41, 5.74) is -0.775. The van der Waals surface area contributed by atoms with Crippen molar-refractivity contribution >= 4 is 0 Å². The standard InChI is InChI=1S/C14H17F3O3/c1-9-7-13(18,8-10(2)19-9)11-4-3-5-12(6-11)20-14(15,16)17/h3-6,9-10,18H,7-8H2,1-2H3. The summed E-state index contributed by atoms with van der Waals surface area (Å²) in [4.78, 5) is 0. The second-order valence-corrected chi connectivity index (χ2v) is 5.27. The van der Waals surface area contributed by atoms with Crippen LogP contribution < -0.4 is 4.74 Å². The van der Waals surface area contributed by atoms with E-state index in [4.69, 9.17) is 4.74 Å². The predicted octanol–water partition coefficient (Wildman–Crippen LogP) is 3.36. The van der Waals surface area contributed by atoms with Crippen LogP contribution in [-0.4, -0.2) is 23.7 Å². The number of hydrogen-bond donors (Lipinski definition) is 1. The molecule has 1 N–H and O–H groups in total. The number of ether oxygens (including phenoxy) is 2. The van der Waals surface area contributed by atoms with E-state index in [2.05, 4.69) is 4.74 Å². The van der Waals surface area contributed by atoms with Crippen molar-refractivity contribution in [1.82, 2.24) is 0 Å². The summed E-state index contributed by atoms with van der Waals surface area (Å²) < 4.78 is 46.1. The predicted molar refractivity (Wildman–Crippen MR) is 66.3 cm³/mol. The maximum absolute atomic E-state index is 12.2. The highest BCUT2D eigenvalue weighted by atomic mass is 19.4. The van der Waals surface area contributed by atoms with Crippen LogP contribution in [0.15, 0.2) is 24.3 Å². The summed E-state index contributed by atoms with van der Waals surface area (Å²) in [6, 6.07) is 5.50. The molecule has 3 nitrogen and oxygen atoms in total. The fourth-order valence-corrected chi connectivity index (χ4v) is 2.75. The van der Waals surface area contributed by atoms with E-state index in [9.17, 15) is 18.3 Å². The number of rotatable bonds is 2. The molecule has 2 atom stereocenters. The molecule has 0 bridgehead atoms. The molecule has 20 heavy (non-hydrogen) atoms. The lowest BCUT2D eigenvalue weighted by atomic mass is 9.81. The smallest absolute Gasteiger partial charge is 0.406 e. The van der Waals surface area contributed by atoms with Crippen LogP contribution in [0.25, 0.3) is 0 Å². The van der Waals surface area contributed by atoms with E-state index in [1.165, 1.54) is 18.2 Å². The Labute approximate surface area is 115 Å².